The van der Waals surface area contributed by atoms with Gasteiger partial charge in [0.2, 0.25) is 0 Å². The number of carbonyl (C=O) groups is 1. The van der Waals surface area contributed by atoms with Crippen molar-refractivity contribution in [2.75, 3.05) is 0 Å². The molecule has 2 aromatic heterocycles. The van der Waals surface area contributed by atoms with Crippen molar-refractivity contribution >= 4 is 17.0 Å². The number of halogens is 3. The van der Waals surface area contributed by atoms with Gasteiger partial charge in [-0.05, 0) is 29.8 Å². The lowest BCUT2D eigenvalue weighted by molar-refractivity contribution is -0.137. The summed E-state index contributed by atoms with van der Waals surface area (Å²) in [6.45, 7) is -0.0965. The molecule has 7 heteroatoms. The van der Waals surface area contributed by atoms with E-state index in [0.717, 1.165) is 12.1 Å². The van der Waals surface area contributed by atoms with Gasteiger partial charge in [0.15, 0.2) is 0 Å². The number of carboxylic acids is 1. The molecule has 126 valence electrons. The molecule has 0 aliphatic rings. The van der Waals surface area contributed by atoms with Gasteiger partial charge in [0.25, 0.3) is 0 Å². The van der Waals surface area contributed by atoms with Crippen LogP contribution in [0.15, 0.2) is 42.6 Å². The lowest BCUT2D eigenvalue weighted by Crippen LogP contribution is -2.12. The molecule has 1 aromatic carbocycles. The van der Waals surface area contributed by atoms with Gasteiger partial charge in [-0.15, -0.1) is 6.42 Å². The lowest BCUT2D eigenvalue weighted by atomic mass is 10.1. The van der Waals surface area contributed by atoms with Gasteiger partial charge >= 0.3 is 12.1 Å². The number of hydrogen-bond acceptors (Lipinski definition) is 2. The van der Waals surface area contributed by atoms with E-state index in [1.54, 1.807) is 12.1 Å². The first kappa shape index (κ1) is 16.6. The number of aromatic carboxylic acids is 1. The van der Waals surface area contributed by atoms with Gasteiger partial charge in [-0.2, -0.15) is 13.2 Å². The molecule has 0 bridgehead atoms. The zero-order chi connectivity index (χ0) is 18.2. The zero-order valence-electron chi connectivity index (χ0n) is 12.7. The quantitative estimate of drug-likeness (QED) is 0.736. The van der Waals surface area contributed by atoms with Gasteiger partial charge in [-0.25, -0.2) is 9.78 Å². The average Bonchev–Trinajstić information content (AvgIpc) is 2.88. The van der Waals surface area contributed by atoms with E-state index < -0.39 is 17.7 Å². The van der Waals surface area contributed by atoms with Crippen LogP contribution >= 0.6 is 0 Å². The Morgan fingerprint density at radius 2 is 2.04 bits per heavy atom. The second-order valence-electron chi connectivity index (χ2n) is 5.33. The number of pyridine rings is 1. The van der Waals surface area contributed by atoms with Crippen LogP contribution in [0.4, 0.5) is 13.2 Å². The Labute approximate surface area is 140 Å². The molecule has 3 aromatic rings. The number of carboxylic acid groups (broad SMARTS) is 1. The van der Waals surface area contributed by atoms with Crippen LogP contribution < -0.4 is 0 Å². The van der Waals surface area contributed by atoms with Crippen LogP contribution in [-0.4, -0.2) is 20.6 Å². The first-order valence-corrected chi connectivity index (χ1v) is 7.16. The van der Waals surface area contributed by atoms with Gasteiger partial charge in [-0.1, -0.05) is 18.1 Å². The van der Waals surface area contributed by atoms with Crippen LogP contribution in [-0.2, 0) is 12.7 Å². The van der Waals surface area contributed by atoms with Gasteiger partial charge < -0.3 is 9.67 Å². The molecule has 0 aliphatic carbocycles. The summed E-state index contributed by atoms with van der Waals surface area (Å²) < 4.78 is 40.0. The fraction of sp³-hybridized carbons (Fsp3) is 0.111. The third-order valence-electron chi connectivity index (χ3n) is 3.76. The maximum absolute atomic E-state index is 12.9. The number of rotatable bonds is 3. The molecule has 0 saturated heterocycles. The summed E-state index contributed by atoms with van der Waals surface area (Å²) in [6, 6.07) is 7.96. The first-order valence-electron chi connectivity index (χ1n) is 7.16. The van der Waals surface area contributed by atoms with Gasteiger partial charge in [0, 0.05) is 18.1 Å². The van der Waals surface area contributed by atoms with E-state index in [0.29, 0.717) is 16.6 Å². The highest BCUT2D eigenvalue weighted by Crippen LogP contribution is 2.30. The molecule has 0 unspecified atom stereocenters. The fourth-order valence-corrected chi connectivity index (χ4v) is 2.73. The summed E-state index contributed by atoms with van der Waals surface area (Å²) >= 11 is 0. The minimum atomic E-state index is -4.48. The molecule has 0 saturated carbocycles. The summed E-state index contributed by atoms with van der Waals surface area (Å²) in [5.74, 6) is 1.07. The smallest absolute Gasteiger partial charge is 0.416 e. The molecular formula is C18H11F3N2O2. The number of hydrogen-bond donors (Lipinski definition) is 1. The Hall–Kier alpha value is -3.27. The highest BCUT2D eigenvalue weighted by Gasteiger charge is 2.30. The normalized spacial score (nSPS) is 11.4. The van der Waals surface area contributed by atoms with E-state index in [1.807, 2.05) is 0 Å². The van der Waals surface area contributed by atoms with Gasteiger partial charge in [0.05, 0.1) is 11.1 Å². The summed E-state index contributed by atoms with van der Waals surface area (Å²) in [4.78, 5) is 15.8. The highest BCUT2D eigenvalue weighted by molar-refractivity contribution is 5.99. The number of alkyl halides is 3. The predicted molar refractivity (Wildman–Crippen MR) is 85.2 cm³/mol. The summed E-state index contributed by atoms with van der Waals surface area (Å²) in [6.07, 6.45) is 2.43. The van der Waals surface area contributed by atoms with Crippen LogP contribution in [0.3, 0.4) is 0 Å². The first-order chi connectivity index (χ1) is 11.8. The molecule has 3 rings (SSSR count). The van der Waals surface area contributed by atoms with Crippen molar-refractivity contribution in [3.8, 4) is 12.3 Å². The Morgan fingerprint density at radius 3 is 2.68 bits per heavy atom. The van der Waals surface area contributed by atoms with Gasteiger partial charge in [0.1, 0.15) is 11.3 Å². The summed E-state index contributed by atoms with van der Waals surface area (Å²) in [7, 11) is 0. The summed E-state index contributed by atoms with van der Waals surface area (Å²) in [5, 5.41) is 9.98. The fourth-order valence-electron chi connectivity index (χ4n) is 2.73. The Kier molecular flexibility index (Phi) is 3.97. The van der Waals surface area contributed by atoms with Crippen molar-refractivity contribution < 1.29 is 23.1 Å². The molecular weight excluding hydrogens is 333 g/mol. The van der Waals surface area contributed by atoms with Crippen LogP contribution in [0.2, 0.25) is 0 Å². The maximum Gasteiger partial charge on any atom is 0.416 e. The molecule has 25 heavy (non-hydrogen) atoms. The number of terminal acetylenes is 1. The van der Waals surface area contributed by atoms with Crippen LogP contribution in [0, 0.1) is 12.3 Å². The van der Waals surface area contributed by atoms with Crippen LogP contribution in [0.5, 0.6) is 0 Å². The molecule has 0 radical (unpaired) electrons. The zero-order valence-corrected chi connectivity index (χ0v) is 12.7. The monoisotopic (exact) mass is 344 g/mol. The van der Waals surface area contributed by atoms with Crippen molar-refractivity contribution in [2.24, 2.45) is 0 Å². The Bertz CT molecular complexity index is 1010. The Balaban J connectivity index is 2.19. The number of fused-ring (bicyclic) bond motifs is 1. The third kappa shape index (κ3) is 2.94. The van der Waals surface area contributed by atoms with Crippen molar-refractivity contribution in [3.05, 3.63) is 65.0 Å². The van der Waals surface area contributed by atoms with E-state index in [2.05, 4.69) is 10.9 Å². The van der Waals surface area contributed by atoms with Crippen LogP contribution in [0.1, 0.15) is 27.2 Å². The molecule has 4 nitrogen and oxygen atoms in total. The van der Waals surface area contributed by atoms with E-state index in [4.69, 9.17) is 6.42 Å². The van der Waals surface area contributed by atoms with Gasteiger partial charge in [-0.3, -0.25) is 0 Å². The third-order valence-corrected chi connectivity index (χ3v) is 3.76. The topological polar surface area (TPSA) is 55.1 Å². The van der Waals surface area contributed by atoms with E-state index in [9.17, 15) is 23.1 Å². The minimum absolute atomic E-state index is 0.0965. The summed E-state index contributed by atoms with van der Waals surface area (Å²) in [5.41, 5.74) is -0.214. The predicted octanol–water partition coefficient (Wildman–Crippen LogP) is 3.78. The standard InChI is InChI=1S/C18H11F3N2O2/c1-2-13-14-7-4-8-22-16(14)23(15(13)17(24)25)10-11-5-3-6-12(9-11)18(19,20)21/h1,3-9H,10H2,(H,24,25). The number of nitrogens with zero attached hydrogens (tertiary/aromatic N) is 2. The van der Waals surface area contributed by atoms with Crippen molar-refractivity contribution in [1.29, 1.82) is 0 Å². The molecule has 2 heterocycles. The van der Waals surface area contributed by atoms with E-state index in [1.165, 1.54) is 22.9 Å². The largest absolute Gasteiger partial charge is 0.477 e. The van der Waals surface area contributed by atoms with Crippen molar-refractivity contribution in [1.82, 2.24) is 9.55 Å². The van der Waals surface area contributed by atoms with Crippen molar-refractivity contribution in [3.63, 3.8) is 0 Å². The van der Waals surface area contributed by atoms with E-state index in [-0.39, 0.29) is 17.8 Å². The molecule has 0 atom stereocenters. The second kappa shape index (κ2) is 5.98. The Morgan fingerprint density at radius 1 is 1.28 bits per heavy atom. The molecule has 0 spiro atoms. The molecule has 0 aliphatic heterocycles. The maximum atomic E-state index is 12.9. The molecule has 0 fully saturated rings. The number of benzene rings is 1. The lowest BCUT2D eigenvalue weighted by Gasteiger charge is -2.11. The highest BCUT2D eigenvalue weighted by atomic mass is 19.4. The average molecular weight is 344 g/mol. The SMILES string of the molecule is C#Cc1c(C(=O)O)n(Cc2cccc(C(F)(F)F)c2)c2ncccc12. The van der Waals surface area contributed by atoms with Crippen molar-refractivity contribution in [2.45, 2.75) is 12.7 Å². The van der Waals surface area contributed by atoms with E-state index >= 15 is 0 Å². The molecule has 0 amide bonds. The number of aromatic nitrogens is 2. The minimum Gasteiger partial charge on any atom is -0.477 e. The second-order valence-corrected chi connectivity index (χ2v) is 5.33. The molecule has 1 N–H and O–H groups in total. The van der Waals surface area contributed by atoms with Crippen LogP contribution in [0.25, 0.3) is 11.0 Å².